The van der Waals surface area contributed by atoms with Crippen LogP contribution in [0.5, 0.6) is 0 Å². The lowest BCUT2D eigenvalue weighted by Crippen LogP contribution is -2.43. The molecular formula is C14H25N3O2. The fraction of sp³-hybridized carbons (Fsp3) is 0.714. The molecule has 0 aliphatic carbocycles. The standard InChI is InChI=1S/C14H25N3O2/c1-5-7-14(19,8-6-2)10-15-13(18)12-9-16-17(4)11(12)3/h9,19H,5-8,10H2,1-4H3,(H,15,18). The number of carbonyl (C=O) groups is 1. The third kappa shape index (κ3) is 4.06. The molecule has 1 heterocycles. The second kappa shape index (κ2) is 6.70. The normalized spacial score (nSPS) is 11.6. The Balaban J connectivity index is 2.64. The lowest BCUT2D eigenvalue weighted by Gasteiger charge is -2.27. The third-order valence-corrected chi connectivity index (χ3v) is 3.49. The maximum Gasteiger partial charge on any atom is 0.254 e. The van der Waals surface area contributed by atoms with Crippen molar-refractivity contribution < 1.29 is 9.90 Å². The van der Waals surface area contributed by atoms with Gasteiger partial charge < -0.3 is 10.4 Å². The number of nitrogens with one attached hydrogen (secondary N) is 1. The Labute approximate surface area is 115 Å². The first-order valence-corrected chi connectivity index (χ1v) is 6.92. The summed E-state index contributed by atoms with van der Waals surface area (Å²) < 4.78 is 1.67. The van der Waals surface area contributed by atoms with Crippen molar-refractivity contribution in [2.45, 2.75) is 52.1 Å². The quantitative estimate of drug-likeness (QED) is 0.791. The van der Waals surface area contributed by atoms with E-state index in [-0.39, 0.29) is 5.91 Å². The van der Waals surface area contributed by atoms with E-state index in [0.29, 0.717) is 24.9 Å². The largest absolute Gasteiger partial charge is 0.388 e. The van der Waals surface area contributed by atoms with Gasteiger partial charge in [-0.3, -0.25) is 9.48 Å². The summed E-state index contributed by atoms with van der Waals surface area (Å²) in [4.78, 5) is 12.1. The molecular weight excluding hydrogens is 242 g/mol. The number of aliphatic hydroxyl groups is 1. The predicted octanol–water partition coefficient (Wildman–Crippen LogP) is 1.79. The summed E-state index contributed by atoms with van der Waals surface area (Å²) in [5.41, 5.74) is 0.597. The maximum absolute atomic E-state index is 12.1. The highest BCUT2D eigenvalue weighted by Crippen LogP contribution is 2.18. The highest BCUT2D eigenvalue weighted by Gasteiger charge is 2.26. The summed E-state index contributed by atoms with van der Waals surface area (Å²) in [6.07, 6.45) is 4.76. The number of hydrogen-bond acceptors (Lipinski definition) is 3. The first-order valence-electron chi connectivity index (χ1n) is 6.92. The molecule has 1 rings (SSSR count). The highest BCUT2D eigenvalue weighted by atomic mass is 16.3. The smallest absolute Gasteiger partial charge is 0.254 e. The van der Waals surface area contributed by atoms with E-state index in [0.717, 1.165) is 18.5 Å². The van der Waals surface area contributed by atoms with E-state index in [1.54, 1.807) is 17.9 Å². The number of hydrogen-bond donors (Lipinski definition) is 2. The number of rotatable bonds is 7. The van der Waals surface area contributed by atoms with E-state index < -0.39 is 5.60 Å². The first-order chi connectivity index (χ1) is 8.93. The fourth-order valence-corrected chi connectivity index (χ4v) is 2.29. The van der Waals surface area contributed by atoms with Crippen molar-refractivity contribution in [2.75, 3.05) is 6.54 Å². The van der Waals surface area contributed by atoms with E-state index in [2.05, 4.69) is 10.4 Å². The van der Waals surface area contributed by atoms with Gasteiger partial charge in [0.15, 0.2) is 0 Å². The van der Waals surface area contributed by atoms with Crippen molar-refractivity contribution in [1.82, 2.24) is 15.1 Å². The van der Waals surface area contributed by atoms with Crippen molar-refractivity contribution in [3.63, 3.8) is 0 Å². The van der Waals surface area contributed by atoms with Crippen LogP contribution < -0.4 is 5.32 Å². The molecule has 0 saturated carbocycles. The SMILES string of the molecule is CCCC(O)(CCC)CNC(=O)c1cnn(C)c1C. The average Bonchev–Trinajstić information content (AvgIpc) is 2.68. The van der Waals surface area contributed by atoms with Crippen LogP contribution in [0.25, 0.3) is 0 Å². The highest BCUT2D eigenvalue weighted by molar-refractivity contribution is 5.95. The Morgan fingerprint density at radius 2 is 2.00 bits per heavy atom. The van der Waals surface area contributed by atoms with Gasteiger partial charge in [-0.2, -0.15) is 5.10 Å². The van der Waals surface area contributed by atoms with Crippen LogP contribution in [0.3, 0.4) is 0 Å². The summed E-state index contributed by atoms with van der Waals surface area (Å²) in [7, 11) is 1.80. The van der Waals surface area contributed by atoms with Gasteiger partial charge in [0.2, 0.25) is 0 Å². The molecule has 0 fully saturated rings. The lowest BCUT2D eigenvalue weighted by atomic mass is 9.92. The van der Waals surface area contributed by atoms with Gasteiger partial charge in [-0.1, -0.05) is 26.7 Å². The minimum Gasteiger partial charge on any atom is -0.388 e. The van der Waals surface area contributed by atoms with Gasteiger partial charge in [-0.25, -0.2) is 0 Å². The van der Waals surface area contributed by atoms with E-state index >= 15 is 0 Å². The Morgan fingerprint density at radius 1 is 1.42 bits per heavy atom. The molecule has 1 amide bonds. The molecule has 0 radical (unpaired) electrons. The van der Waals surface area contributed by atoms with Crippen LogP contribution in [0, 0.1) is 6.92 Å². The molecule has 0 spiro atoms. The van der Waals surface area contributed by atoms with Crippen LogP contribution in [-0.4, -0.2) is 32.9 Å². The number of amides is 1. The first kappa shape index (κ1) is 15.7. The van der Waals surface area contributed by atoms with Gasteiger partial charge in [0.25, 0.3) is 5.91 Å². The summed E-state index contributed by atoms with van der Waals surface area (Å²) >= 11 is 0. The second-order valence-corrected chi connectivity index (χ2v) is 5.17. The van der Waals surface area contributed by atoms with Gasteiger partial charge in [0, 0.05) is 19.3 Å². The zero-order valence-corrected chi connectivity index (χ0v) is 12.4. The Kier molecular flexibility index (Phi) is 5.54. The van der Waals surface area contributed by atoms with Crippen molar-refractivity contribution in [3.05, 3.63) is 17.5 Å². The Morgan fingerprint density at radius 3 is 2.42 bits per heavy atom. The average molecular weight is 267 g/mol. The van der Waals surface area contributed by atoms with Gasteiger partial charge in [-0.05, 0) is 19.8 Å². The van der Waals surface area contributed by atoms with Crippen LogP contribution in [0.1, 0.15) is 55.6 Å². The Hall–Kier alpha value is -1.36. The molecule has 0 aliphatic heterocycles. The van der Waals surface area contributed by atoms with Gasteiger partial charge >= 0.3 is 0 Å². The van der Waals surface area contributed by atoms with Crippen molar-refractivity contribution >= 4 is 5.91 Å². The van der Waals surface area contributed by atoms with Crippen LogP contribution in [-0.2, 0) is 7.05 Å². The molecule has 108 valence electrons. The topological polar surface area (TPSA) is 67.2 Å². The molecule has 0 aromatic carbocycles. The number of carbonyl (C=O) groups excluding carboxylic acids is 1. The molecule has 1 aromatic heterocycles. The van der Waals surface area contributed by atoms with E-state index in [1.807, 2.05) is 20.8 Å². The van der Waals surface area contributed by atoms with E-state index in [4.69, 9.17) is 0 Å². The molecule has 19 heavy (non-hydrogen) atoms. The van der Waals surface area contributed by atoms with E-state index in [9.17, 15) is 9.90 Å². The molecule has 2 N–H and O–H groups in total. The zero-order chi connectivity index (χ0) is 14.5. The molecule has 0 aliphatic rings. The van der Waals surface area contributed by atoms with Crippen molar-refractivity contribution in [3.8, 4) is 0 Å². The molecule has 1 aromatic rings. The zero-order valence-electron chi connectivity index (χ0n) is 12.4. The summed E-state index contributed by atoms with van der Waals surface area (Å²) in [5.74, 6) is -0.170. The van der Waals surface area contributed by atoms with Crippen molar-refractivity contribution in [2.24, 2.45) is 7.05 Å². The number of aromatic nitrogens is 2. The predicted molar refractivity (Wildman–Crippen MR) is 75.0 cm³/mol. The fourth-order valence-electron chi connectivity index (χ4n) is 2.29. The molecule has 5 heteroatoms. The number of aryl methyl sites for hydroxylation is 1. The number of nitrogens with zero attached hydrogens (tertiary/aromatic N) is 2. The van der Waals surface area contributed by atoms with Gasteiger partial charge in [0.05, 0.1) is 17.4 Å². The minimum absolute atomic E-state index is 0.170. The summed E-state index contributed by atoms with van der Waals surface area (Å²) in [6, 6.07) is 0. The Bertz CT molecular complexity index is 420. The van der Waals surface area contributed by atoms with Gasteiger partial charge in [-0.15, -0.1) is 0 Å². The van der Waals surface area contributed by atoms with Crippen LogP contribution >= 0.6 is 0 Å². The summed E-state index contributed by atoms with van der Waals surface area (Å²) in [5, 5.41) is 17.3. The van der Waals surface area contributed by atoms with E-state index in [1.165, 1.54) is 0 Å². The molecule has 0 atom stereocenters. The maximum atomic E-state index is 12.1. The third-order valence-electron chi connectivity index (χ3n) is 3.49. The van der Waals surface area contributed by atoms with Crippen LogP contribution in [0.4, 0.5) is 0 Å². The molecule has 0 bridgehead atoms. The second-order valence-electron chi connectivity index (χ2n) is 5.17. The monoisotopic (exact) mass is 267 g/mol. The van der Waals surface area contributed by atoms with Crippen LogP contribution in [0.2, 0.25) is 0 Å². The van der Waals surface area contributed by atoms with Gasteiger partial charge in [0.1, 0.15) is 0 Å². The van der Waals surface area contributed by atoms with Crippen molar-refractivity contribution in [1.29, 1.82) is 0 Å². The summed E-state index contributed by atoms with van der Waals surface area (Å²) in [6.45, 7) is 6.22. The molecule has 5 nitrogen and oxygen atoms in total. The lowest BCUT2D eigenvalue weighted by molar-refractivity contribution is 0.0213. The minimum atomic E-state index is -0.796. The van der Waals surface area contributed by atoms with Crippen LogP contribution in [0.15, 0.2) is 6.20 Å². The molecule has 0 saturated heterocycles. The molecule has 0 unspecified atom stereocenters.